The van der Waals surface area contributed by atoms with Crippen LogP contribution < -0.4 is 5.32 Å². The number of nitrogens with one attached hydrogen (secondary N) is 1. The molecular weight excluding hydrogens is 224 g/mol. The summed E-state index contributed by atoms with van der Waals surface area (Å²) in [5.74, 6) is 0.202. The molecule has 1 aliphatic rings. The van der Waals surface area contributed by atoms with Gasteiger partial charge in [0.25, 0.3) is 0 Å². The molecule has 1 saturated heterocycles. The first-order valence-corrected chi connectivity index (χ1v) is 6.35. The van der Waals surface area contributed by atoms with Crippen molar-refractivity contribution in [1.29, 1.82) is 0 Å². The Balaban J connectivity index is 0.00000169. The van der Waals surface area contributed by atoms with E-state index < -0.39 is 10.0 Å². The molecule has 4 nitrogen and oxygen atoms in total. The third kappa shape index (κ3) is 3.38. The summed E-state index contributed by atoms with van der Waals surface area (Å²) in [4.78, 5) is 0. The Hall–Kier alpha value is 0.160. The van der Waals surface area contributed by atoms with Crippen LogP contribution in [-0.2, 0) is 10.0 Å². The smallest absolute Gasteiger partial charge is 0.213 e. The summed E-state index contributed by atoms with van der Waals surface area (Å²) in [6.07, 6.45) is 1.85. The van der Waals surface area contributed by atoms with E-state index in [1.165, 1.54) is 4.31 Å². The third-order valence-electron chi connectivity index (χ3n) is 2.63. The van der Waals surface area contributed by atoms with Crippen molar-refractivity contribution in [2.75, 3.05) is 25.9 Å². The molecule has 1 heterocycles. The Morgan fingerprint density at radius 3 is 2.29 bits per heavy atom. The van der Waals surface area contributed by atoms with Gasteiger partial charge in [-0.25, -0.2) is 12.7 Å². The van der Waals surface area contributed by atoms with Gasteiger partial charge in [-0.1, -0.05) is 0 Å². The van der Waals surface area contributed by atoms with Gasteiger partial charge in [-0.15, -0.1) is 12.4 Å². The molecule has 0 aromatic heterocycles. The number of hydrogen-bond acceptors (Lipinski definition) is 3. The first kappa shape index (κ1) is 14.2. The molecule has 1 N–H and O–H groups in total. The minimum atomic E-state index is -2.99. The largest absolute Gasteiger partial charge is 0.317 e. The Kier molecular flexibility index (Phi) is 5.97. The van der Waals surface area contributed by atoms with Crippen LogP contribution in [-0.4, -0.2) is 44.7 Å². The van der Waals surface area contributed by atoms with E-state index in [9.17, 15) is 8.42 Å². The highest BCUT2D eigenvalue weighted by Crippen LogP contribution is 2.13. The number of piperidine rings is 1. The van der Waals surface area contributed by atoms with Crippen LogP contribution in [0.3, 0.4) is 0 Å². The van der Waals surface area contributed by atoms with Crippen LogP contribution in [0.25, 0.3) is 0 Å². The highest BCUT2D eigenvalue weighted by molar-refractivity contribution is 7.89. The van der Waals surface area contributed by atoms with E-state index in [1.807, 2.05) is 0 Å². The van der Waals surface area contributed by atoms with Crippen molar-refractivity contribution in [2.45, 2.75) is 25.8 Å². The van der Waals surface area contributed by atoms with Gasteiger partial charge in [0.15, 0.2) is 0 Å². The van der Waals surface area contributed by atoms with Crippen molar-refractivity contribution in [3.8, 4) is 0 Å². The lowest BCUT2D eigenvalue weighted by molar-refractivity contribution is 0.297. The molecule has 0 aliphatic carbocycles. The highest BCUT2D eigenvalue weighted by Gasteiger charge is 2.25. The Morgan fingerprint density at radius 1 is 1.36 bits per heavy atom. The van der Waals surface area contributed by atoms with E-state index >= 15 is 0 Å². The standard InChI is InChI=1S/C8H18N2O2S.ClH/c1-3-13(11,12)10(2)8-4-6-9-7-5-8;/h8-9H,3-7H2,1-2H3;1H. The zero-order valence-corrected chi connectivity index (χ0v) is 10.3. The van der Waals surface area contributed by atoms with Crippen LogP contribution in [0.1, 0.15) is 19.8 Å². The highest BCUT2D eigenvalue weighted by atomic mass is 35.5. The van der Waals surface area contributed by atoms with E-state index in [-0.39, 0.29) is 24.2 Å². The monoisotopic (exact) mass is 242 g/mol. The predicted octanol–water partition coefficient (Wildman–Crippen LogP) is 0.442. The second-order valence-electron chi connectivity index (χ2n) is 3.40. The Bertz CT molecular complexity index is 250. The molecule has 14 heavy (non-hydrogen) atoms. The van der Waals surface area contributed by atoms with Gasteiger partial charge in [-0.05, 0) is 32.9 Å². The van der Waals surface area contributed by atoms with Gasteiger partial charge in [0.1, 0.15) is 0 Å². The molecule has 0 unspecified atom stereocenters. The lowest BCUT2D eigenvalue weighted by Crippen LogP contribution is -2.44. The molecule has 0 radical (unpaired) electrons. The van der Waals surface area contributed by atoms with Crippen LogP contribution in [0.2, 0.25) is 0 Å². The number of sulfonamides is 1. The first-order chi connectivity index (χ1) is 6.08. The minimum Gasteiger partial charge on any atom is -0.317 e. The quantitative estimate of drug-likeness (QED) is 0.782. The van der Waals surface area contributed by atoms with Gasteiger partial charge in [-0.3, -0.25) is 0 Å². The van der Waals surface area contributed by atoms with Gasteiger partial charge >= 0.3 is 0 Å². The van der Waals surface area contributed by atoms with Crippen molar-refractivity contribution in [3.05, 3.63) is 0 Å². The molecule has 0 amide bonds. The summed E-state index contributed by atoms with van der Waals surface area (Å²) < 4.78 is 24.5. The molecular formula is C8H19ClN2O2S. The lowest BCUT2D eigenvalue weighted by Gasteiger charge is -2.30. The van der Waals surface area contributed by atoms with Crippen LogP contribution in [0.4, 0.5) is 0 Å². The third-order valence-corrected chi connectivity index (χ3v) is 4.53. The van der Waals surface area contributed by atoms with Crippen LogP contribution >= 0.6 is 12.4 Å². The number of nitrogens with zero attached hydrogens (tertiary/aromatic N) is 1. The van der Waals surface area contributed by atoms with E-state index in [2.05, 4.69) is 5.32 Å². The average Bonchev–Trinajstić information content (AvgIpc) is 2.18. The van der Waals surface area contributed by atoms with Crippen molar-refractivity contribution >= 4 is 22.4 Å². The molecule has 86 valence electrons. The fourth-order valence-electron chi connectivity index (χ4n) is 1.60. The number of rotatable bonds is 3. The molecule has 0 spiro atoms. The van der Waals surface area contributed by atoms with E-state index in [0.717, 1.165) is 25.9 Å². The maximum atomic E-state index is 11.5. The first-order valence-electron chi connectivity index (χ1n) is 4.74. The summed E-state index contributed by atoms with van der Waals surface area (Å²) in [6, 6.07) is 0.200. The Morgan fingerprint density at radius 2 is 1.86 bits per heavy atom. The fraction of sp³-hybridized carbons (Fsp3) is 1.00. The number of halogens is 1. The van der Waals surface area contributed by atoms with Gasteiger partial charge in [0, 0.05) is 13.1 Å². The topological polar surface area (TPSA) is 49.4 Å². The molecule has 1 rings (SSSR count). The number of hydrogen-bond donors (Lipinski definition) is 1. The van der Waals surface area contributed by atoms with Crippen LogP contribution in [0.5, 0.6) is 0 Å². The minimum absolute atomic E-state index is 0. The molecule has 1 aliphatic heterocycles. The van der Waals surface area contributed by atoms with E-state index in [0.29, 0.717) is 0 Å². The maximum absolute atomic E-state index is 11.5. The molecule has 0 saturated carbocycles. The average molecular weight is 243 g/mol. The molecule has 6 heteroatoms. The molecule has 0 aromatic rings. The van der Waals surface area contributed by atoms with Gasteiger partial charge < -0.3 is 5.32 Å². The lowest BCUT2D eigenvalue weighted by atomic mass is 10.1. The molecule has 0 atom stereocenters. The fourth-order valence-corrected chi connectivity index (χ4v) is 2.67. The summed E-state index contributed by atoms with van der Waals surface area (Å²) in [6.45, 7) is 3.54. The van der Waals surface area contributed by atoms with Crippen molar-refractivity contribution in [2.24, 2.45) is 0 Å². The van der Waals surface area contributed by atoms with Crippen LogP contribution in [0, 0.1) is 0 Å². The van der Waals surface area contributed by atoms with E-state index in [1.54, 1.807) is 14.0 Å². The van der Waals surface area contributed by atoms with Crippen molar-refractivity contribution in [1.82, 2.24) is 9.62 Å². The zero-order valence-electron chi connectivity index (χ0n) is 8.69. The second-order valence-corrected chi connectivity index (χ2v) is 5.72. The van der Waals surface area contributed by atoms with Gasteiger partial charge in [0.05, 0.1) is 5.75 Å². The van der Waals surface area contributed by atoms with Crippen molar-refractivity contribution in [3.63, 3.8) is 0 Å². The van der Waals surface area contributed by atoms with Gasteiger partial charge in [0.2, 0.25) is 10.0 Å². The summed E-state index contributed by atoms with van der Waals surface area (Å²) >= 11 is 0. The van der Waals surface area contributed by atoms with E-state index in [4.69, 9.17) is 0 Å². The maximum Gasteiger partial charge on any atom is 0.213 e. The molecule has 0 bridgehead atoms. The molecule has 1 fully saturated rings. The second kappa shape index (κ2) is 5.90. The Labute approximate surface area is 92.5 Å². The predicted molar refractivity (Wildman–Crippen MR) is 60.4 cm³/mol. The normalized spacial score (nSPS) is 19.4. The summed E-state index contributed by atoms with van der Waals surface area (Å²) in [5.41, 5.74) is 0. The SMILES string of the molecule is CCS(=O)(=O)N(C)C1CCNCC1.Cl. The zero-order chi connectivity index (χ0) is 9.90. The summed E-state index contributed by atoms with van der Waals surface area (Å²) in [7, 11) is -1.30. The van der Waals surface area contributed by atoms with Gasteiger partial charge in [-0.2, -0.15) is 0 Å². The summed E-state index contributed by atoms with van der Waals surface area (Å²) in [5, 5.41) is 3.22. The van der Waals surface area contributed by atoms with Crippen LogP contribution in [0.15, 0.2) is 0 Å². The van der Waals surface area contributed by atoms with Crippen molar-refractivity contribution < 1.29 is 8.42 Å². The molecule has 0 aromatic carbocycles.